The van der Waals surface area contributed by atoms with E-state index in [0.717, 1.165) is 16.8 Å². The van der Waals surface area contributed by atoms with Gasteiger partial charge in [-0.3, -0.25) is 14.4 Å². The van der Waals surface area contributed by atoms with Crippen molar-refractivity contribution in [2.45, 2.75) is 76.7 Å². The van der Waals surface area contributed by atoms with Gasteiger partial charge < -0.3 is 24.4 Å². The van der Waals surface area contributed by atoms with Crippen LogP contribution >= 0.6 is 0 Å². The Bertz CT molecular complexity index is 1130. The van der Waals surface area contributed by atoms with Crippen LogP contribution in [0.25, 0.3) is 0 Å². The molecule has 0 radical (unpaired) electrons. The van der Waals surface area contributed by atoms with Gasteiger partial charge in [0, 0.05) is 12.2 Å². The summed E-state index contributed by atoms with van der Waals surface area (Å²) in [6.07, 6.45) is 5.36. The van der Waals surface area contributed by atoms with Crippen LogP contribution < -0.4 is 4.90 Å². The summed E-state index contributed by atoms with van der Waals surface area (Å²) >= 11 is 0. The number of fused-ring (bicyclic) bond motifs is 1. The van der Waals surface area contributed by atoms with Gasteiger partial charge in [0.1, 0.15) is 17.6 Å². The fourth-order valence-electron chi connectivity index (χ4n) is 6.78. The van der Waals surface area contributed by atoms with E-state index in [9.17, 15) is 19.5 Å². The highest BCUT2D eigenvalue weighted by Crippen LogP contribution is 2.64. The molecule has 3 fully saturated rings. The molecule has 1 aromatic carbocycles. The molecule has 0 aromatic heterocycles. The molecule has 3 aliphatic rings. The first-order chi connectivity index (χ1) is 18.1. The summed E-state index contributed by atoms with van der Waals surface area (Å²) in [5, 5.41) is 10.1. The zero-order valence-electron chi connectivity index (χ0n) is 22.9. The van der Waals surface area contributed by atoms with Gasteiger partial charge in [0.2, 0.25) is 5.91 Å². The van der Waals surface area contributed by atoms with E-state index in [-0.39, 0.29) is 31.6 Å². The zero-order chi connectivity index (χ0) is 27.8. The molecule has 3 saturated heterocycles. The number of anilines is 1. The molecule has 1 N–H and O–H groups in total. The minimum absolute atomic E-state index is 0.172. The van der Waals surface area contributed by atoms with Crippen LogP contribution in [0, 0.1) is 25.7 Å². The number of ether oxygens (including phenoxy) is 2. The largest absolute Gasteiger partial charge is 0.465 e. The molecule has 8 nitrogen and oxygen atoms in total. The summed E-state index contributed by atoms with van der Waals surface area (Å²) in [6.45, 7) is 15.2. The molecule has 3 aliphatic heterocycles. The first-order valence-electron chi connectivity index (χ1n) is 13.5. The molecule has 38 heavy (non-hydrogen) atoms. The van der Waals surface area contributed by atoms with E-state index < -0.39 is 41.1 Å². The zero-order valence-corrected chi connectivity index (χ0v) is 22.9. The van der Waals surface area contributed by atoms with E-state index >= 15 is 0 Å². The molecule has 3 heterocycles. The predicted octanol–water partition coefficient (Wildman–Crippen LogP) is 3.48. The summed E-state index contributed by atoms with van der Waals surface area (Å²) < 4.78 is 12.4. The van der Waals surface area contributed by atoms with Gasteiger partial charge in [0.15, 0.2) is 0 Å². The molecule has 2 bridgehead atoms. The van der Waals surface area contributed by atoms with Crippen molar-refractivity contribution in [1.82, 2.24) is 4.90 Å². The van der Waals surface area contributed by atoms with Gasteiger partial charge in [-0.2, -0.15) is 0 Å². The number of esters is 1. The van der Waals surface area contributed by atoms with Crippen molar-refractivity contribution in [3.8, 4) is 0 Å². The predicted molar refractivity (Wildman–Crippen MR) is 144 cm³/mol. The molecule has 206 valence electrons. The van der Waals surface area contributed by atoms with Crippen LogP contribution in [0.5, 0.6) is 0 Å². The van der Waals surface area contributed by atoms with Crippen molar-refractivity contribution in [2.75, 3.05) is 24.7 Å². The molecule has 8 heteroatoms. The molecule has 0 aliphatic carbocycles. The number of amides is 2. The Labute approximate surface area is 225 Å². The SMILES string of the molecule is C=CCCOC(=O)[C@@H]1[C@H]2C(=O)N([C@H](C)CO)C(C(=O)N(CC=C)c3cc(C)ccc3C)C23CC[C@@]1(CC)O3. The maximum Gasteiger partial charge on any atom is 0.312 e. The molecule has 1 aromatic rings. The fraction of sp³-hybridized carbons (Fsp3) is 0.567. The van der Waals surface area contributed by atoms with E-state index in [0.29, 0.717) is 25.7 Å². The normalized spacial score (nSPS) is 30.2. The Morgan fingerprint density at radius 2 is 2.03 bits per heavy atom. The fourth-order valence-corrected chi connectivity index (χ4v) is 6.78. The Kier molecular flexibility index (Phi) is 7.86. The first-order valence-corrected chi connectivity index (χ1v) is 13.5. The van der Waals surface area contributed by atoms with E-state index in [2.05, 4.69) is 13.2 Å². The number of likely N-dealkylation sites (tertiary alicyclic amines) is 1. The van der Waals surface area contributed by atoms with E-state index in [1.807, 2.05) is 39.0 Å². The third-order valence-electron chi connectivity index (χ3n) is 8.65. The van der Waals surface area contributed by atoms with Crippen molar-refractivity contribution in [2.24, 2.45) is 11.8 Å². The Hall–Kier alpha value is -2.97. The number of carbonyl (C=O) groups excluding carboxylic acids is 3. The summed E-state index contributed by atoms with van der Waals surface area (Å²) in [5.74, 6) is -2.80. The van der Waals surface area contributed by atoms with Crippen LogP contribution in [0.1, 0.15) is 50.7 Å². The van der Waals surface area contributed by atoms with Gasteiger partial charge in [-0.1, -0.05) is 31.2 Å². The van der Waals surface area contributed by atoms with Gasteiger partial charge >= 0.3 is 5.97 Å². The number of nitrogens with zero attached hydrogens (tertiary/aromatic N) is 2. The number of aliphatic hydroxyl groups excluding tert-OH is 1. The smallest absolute Gasteiger partial charge is 0.312 e. The van der Waals surface area contributed by atoms with Crippen molar-refractivity contribution in [3.63, 3.8) is 0 Å². The number of carbonyl (C=O) groups is 3. The summed E-state index contributed by atoms with van der Waals surface area (Å²) in [4.78, 5) is 45.3. The summed E-state index contributed by atoms with van der Waals surface area (Å²) in [5.41, 5.74) is 0.582. The lowest BCUT2D eigenvalue weighted by Gasteiger charge is -2.39. The number of aryl methyl sites for hydroxylation is 2. The molecule has 2 unspecified atom stereocenters. The minimum atomic E-state index is -1.19. The van der Waals surface area contributed by atoms with Gasteiger partial charge in [0.25, 0.3) is 5.91 Å². The highest BCUT2D eigenvalue weighted by molar-refractivity contribution is 6.05. The second-order valence-electron chi connectivity index (χ2n) is 10.9. The molecular weight excluding hydrogens is 484 g/mol. The number of hydrogen-bond donors (Lipinski definition) is 1. The number of hydrogen-bond acceptors (Lipinski definition) is 6. The maximum atomic E-state index is 14.6. The first kappa shape index (κ1) is 28.0. The third-order valence-corrected chi connectivity index (χ3v) is 8.65. The number of rotatable bonds is 11. The van der Waals surface area contributed by atoms with E-state index in [1.54, 1.807) is 24.0 Å². The van der Waals surface area contributed by atoms with Crippen molar-refractivity contribution in [3.05, 3.63) is 54.6 Å². The average molecular weight is 525 g/mol. The lowest BCUT2D eigenvalue weighted by Crippen LogP contribution is -2.58. The number of benzene rings is 1. The Morgan fingerprint density at radius 3 is 2.66 bits per heavy atom. The highest BCUT2D eigenvalue weighted by atomic mass is 16.6. The highest BCUT2D eigenvalue weighted by Gasteiger charge is 2.79. The van der Waals surface area contributed by atoms with Gasteiger partial charge in [0.05, 0.1) is 30.8 Å². The quantitative estimate of drug-likeness (QED) is 0.271. The Balaban J connectivity index is 1.83. The van der Waals surface area contributed by atoms with Crippen LogP contribution in [0.4, 0.5) is 5.69 Å². The van der Waals surface area contributed by atoms with Crippen molar-refractivity contribution < 1.29 is 29.0 Å². The lowest BCUT2D eigenvalue weighted by atomic mass is 9.65. The summed E-state index contributed by atoms with van der Waals surface area (Å²) in [7, 11) is 0. The van der Waals surface area contributed by atoms with Crippen LogP contribution in [-0.4, -0.2) is 70.8 Å². The van der Waals surface area contributed by atoms with Crippen LogP contribution in [0.2, 0.25) is 0 Å². The van der Waals surface area contributed by atoms with Gasteiger partial charge in [-0.05, 0) is 63.6 Å². The van der Waals surface area contributed by atoms with E-state index in [1.165, 1.54) is 4.90 Å². The van der Waals surface area contributed by atoms with Crippen molar-refractivity contribution >= 4 is 23.5 Å². The standard InChI is InChI=1S/C30H40N2O6/c1-7-10-16-37-28(36)24-23-26(34)32(21(6)18-33)25(30(23)14-13-29(24,9-3)38-30)27(35)31(15-8-2)22-17-19(4)11-12-20(22)5/h7-8,11-12,17,21,23-25,33H,1-2,9-10,13-16,18H2,3-6H3/t21-,23+,24+,25?,29-,30?/m1/s1. The average Bonchev–Trinajstić information content (AvgIpc) is 3.51. The molecule has 6 atom stereocenters. The monoisotopic (exact) mass is 524 g/mol. The Morgan fingerprint density at radius 1 is 1.29 bits per heavy atom. The maximum absolute atomic E-state index is 14.6. The second kappa shape index (κ2) is 10.7. The number of aliphatic hydroxyl groups is 1. The molecule has 4 rings (SSSR count). The van der Waals surface area contributed by atoms with Crippen LogP contribution in [0.3, 0.4) is 0 Å². The van der Waals surface area contributed by atoms with E-state index in [4.69, 9.17) is 9.47 Å². The van der Waals surface area contributed by atoms with Gasteiger partial charge in [-0.15, -0.1) is 13.2 Å². The second-order valence-corrected chi connectivity index (χ2v) is 10.9. The van der Waals surface area contributed by atoms with Crippen LogP contribution in [-0.2, 0) is 23.9 Å². The van der Waals surface area contributed by atoms with Gasteiger partial charge in [-0.25, -0.2) is 0 Å². The molecular formula is C30H40N2O6. The third kappa shape index (κ3) is 4.18. The minimum Gasteiger partial charge on any atom is -0.465 e. The molecule has 1 spiro atoms. The van der Waals surface area contributed by atoms with Crippen molar-refractivity contribution in [1.29, 1.82) is 0 Å². The van der Waals surface area contributed by atoms with Crippen LogP contribution in [0.15, 0.2) is 43.5 Å². The topological polar surface area (TPSA) is 96.4 Å². The summed E-state index contributed by atoms with van der Waals surface area (Å²) in [6, 6.07) is 4.25. The molecule has 2 amide bonds. The molecule has 0 saturated carbocycles. The lowest BCUT2D eigenvalue weighted by molar-refractivity contribution is -0.161.